The number of rotatable bonds is 6. The van der Waals surface area contributed by atoms with Crippen LogP contribution < -0.4 is 9.47 Å². The lowest BCUT2D eigenvalue weighted by atomic mass is 10.0. The first kappa shape index (κ1) is 17.3. The number of nitrogens with zero attached hydrogens (tertiary/aromatic N) is 2. The lowest BCUT2D eigenvalue weighted by Crippen LogP contribution is -2.29. The first-order chi connectivity index (χ1) is 12.2. The molecule has 0 saturated carbocycles. The Morgan fingerprint density at radius 3 is 2.72 bits per heavy atom. The van der Waals surface area contributed by atoms with Crippen molar-refractivity contribution in [1.29, 1.82) is 5.26 Å². The zero-order valence-corrected chi connectivity index (χ0v) is 14.3. The van der Waals surface area contributed by atoms with Gasteiger partial charge in [-0.05, 0) is 48.4 Å². The number of benzene rings is 2. The van der Waals surface area contributed by atoms with Crippen LogP contribution in [0.2, 0.25) is 0 Å². The minimum atomic E-state index is -0.328. The molecule has 2 aromatic rings. The van der Waals surface area contributed by atoms with E-state index in [9.17, 15) is 5.11 Å². The number of aliphatic hydroxyl groups excluding tert-OH is 1. The smallest absolute Gasteiger partial charge is 0.119 e. The molecule has 0 aliphatic carbocycles. The van der Waals surface area contributed by atoms with Crippen molar-refractivity contribution in [2.45, 2.75) is 18.6 Å². The third-order valence-electron chi connectivity index (χ3n) is 4.49. The fraction of sp³-hybridized carbons (Fsp3) is 0.350. The normalized spacial score (nSPS) is 20.2. The minimum absolute atomic E-state index is 0.162. The summed E-state index contributed by atoms with van der Waals surface area (Å²) in [7, 11) is 1.66. The number of methoxy groups -OCH3 is 1. The number of aliphatic hydroxyl groups is 1. The zero-order valence-electron chi connectivity index (χ0n) is 14.3. The molecule has 0 unspecified atom stereocenters. The Hall–Kier alpha value is -2.55. The van der Waals surface area contributed by atoms with E-state index >= 15 is 0 Å². The second-order valence-corrected chi connectivity index (χ2v) is 6.16. The maximum atomic E-state index is 10.1. The molecule has 25 heavy (non-hydrogen) atoms. The van der Waals surface area contributed by atoms with Crippen molar-refractivity contribution in [2.75, 3.05) is 26.8 Å². The van der Waals surface area contributed by atoms with Crippen LogP contribution in [0.1, 0.15) is 23.6 Å². The van der Waals surface area contributed by atoms with Crippen LogP contribution in [-0.2, 0) is 0 Å². The molecule has 0 spiro atoms. The third kappa shape index (κ3) is 4.30. The van der Waals surface area contributed by atoms with Gasteiger partial charge in [-0.2, -0.15) is 5.26 Å². The number of β-amino-alcohol motifs (C(OH)–C–C–N with tert-alkyl or cyclic N) is 1. The van der Waals surface area contributed by atoms with Gasteiger partial charge in [0.2, 0.25) is 0 Å². The first-order valence-electron chi connectivity index (χ1n) is 8.38. The summed E-state index contributed by atoms with van der Waals surface area (Å²) in [6, 6.07) is 17.3. The molecule has 2 atom stereocenters. The quantitative estimate of drug-likeness (QED) is 0.877. The Labute approximate surface area is 148 Å². The van der Waals surface area contributed by atoms with Gasteiger partial charge in [-0.15, -0.1) is 0 Å². The van der Waals surface area contributed by atoms with Crippen LogP contribution in [0.5, 0.6) is 11.5 Å². The summed E-state index contributed by atoms with van der Waals surface area (Å²) in [5.74, 6) is 1.57. The molecule has 1 aliphatic heterocycles. The molecule has 1 aliphatic rings. The number of likely N-dealkylation sites (tertiary alicyclic amines) is 1. The fourth-order valence-corrected chi connectivity index (χ4v) is 3.23. The highest BCUT2D eigenvalue weighted by Gasteiger charge is 2.31. The highest BCUT2D eigenvalue weighted by molar-refractivity contribution is 5.34. The standard InChI is InChI=1S/C20H22N2O3/c1-24-19-4-2-3-16(11-19)20-12-17(23)14-22(20)9-10-25-18-7-5-15(13-21)6-8-18/h2-8,11,17,20,23H,9-10,12,14H2,1H3/t17-,20-/m1/s1. The van der Waals surface area contributed by atoms with Crippen LogP contribution in [-0.4, -0.2) is 42.9 Å². The molecular weight excluding hydrogens is 316 g/mol. The van der Waals surface area contributed by atoms with Gasteiger partial charge in [0, 0.05) is 19.1 Å². The Balaban J connectivity index is 1.60. The molecule has 3 rings (SSSR count). The molecule has 1 saturated heterocycles. The number of hydrogen-bond donors (Lipinski definition) is 1. The van der Waals surface area contributed by atoms with E-state index in [4.69, 9.17) is 14.7 Å². The molecule has 0 aromatic heterocycles. The average Bonchev–Trinajstić information content (AvgIpc) is 3.03. The van der Waals surface area contributed by atoms with Gasteiger partial charge >= 0.3 is 0 Å². The average molecular weight is 338 g/mol. The Morgan fingerprint density at radius 2 is 2.00 bits per heavy atom. The zero-order chi connectivity index (χ0) is 17.6. The van der Waals surface area contributed by atoms with Gasteiger partial charge < -0.3 is 14.6 Å². The fourth-order valence-electron chi connectivity index (χ4n) is 3.23. The van der Waals surface area contributed by atoms with Crippen LogP contribution in [0.4, 0.5) is 0 Å². The first-order valence-corrected chi connectivity index (χ1v) is 8.38. The molecule has 1 heterocycles. The van der Waals surface area contributed by atoms with Crippen molar-refractivity contribution in [2.24, 2.45) is 0 Å². The van der Waals surface area contributed by atoms with Crippen molar-refractivity contribution in [3.63, 3.8) is 0 Å². The molecular formula is C20H22N2O3. The lowest BCUT2D eigenvalue weighted by Gasteiger charge is -2.24. The predicted octanol–water partition coefficient (Wildman–Crippen LogP) is 2.75. The molecule has 1 fully saturated rings. The second-order valence-electron chi connectivity index (χ2n) is 6.16. The molecule has 5 nitrogen and oxygen atoms in total. The monoisotopic (exact) mass is 338 g/mol. The molecule has 0 bridgehead atoms. The minimum Gasteiger partial charge on any atom is -0.497 e. The van der Waals surface area contributed by atoms with Crippen LogP contribution >= 0.6 is 0 Å². The van der Waals surface area contributed by atoms with Crippen molar-refractivity contribution >= 4 is 0 Å². The van der Waals surface area contributed by atoms with Gasteiger partial charge in [-0.1, -0.05) is 12.1 Å². The molecule has 2 aromatic carbocycles. The largest absolute Gasteiger partial charge is 0.497 e. The van der Waals surface area contributed by atoms with Gasteiger partial charge in [0.1, 0.15) is 18.1 Å². The summed E-state index contributed by atoms with van der Waals surface area (Å²) in [5, 5.41) is 18.9. The summed E-state index contributed by atoms with van der Waals surface area (Å²) in [4.78, 5) is 2.24. The van der Waals surface area contributed by atoms with Crippen molar-refractivity contribution in [3.8, 4) is 17.6 Å². The van der Waals surface area contributed by atoms with E-state index < -0.39 is 0 Å². The molecule has 1 N–H and O–H groups in total. The van der Waals surface area contributed by atoms with Crippen LogP contribution in [0.15, 0.2) is 48.5 Å². The summed E-state index contributed by atoms with van der Waals surface area (Å²) in [6.07, 6.45) is 0.385. The Morgan fingerprint density at radius 1 is 1.20 bits per heavy atom. The lowest BCUT2D eigenvalue weighted by molar-refractivity contribution is 0.162. The van der Waals surface area contributed by atoms with Crippen molar-refractivity contribution < 1.29 is 14.6 Å². The van der Waals surface area contributed by atoms with E-state index in [1.165, 1.54) is 0 Å². The molecule has 130 valence electrons. The van der Waals surface area contributed by atoms with E-state index in [0.717, 1.165) is 23.6 Å². The number of ether oxygens (including phenoxy) is 2. The third-order valence-corrected chi connectivity index (χ3v) is 4.49. The van der Waals surface area contributed by atoms with E-state index in [-0.39, 0.29) is 12.1 Å². The van der Waals surface area contributed by atoms with Gasteiger partial charge in [0.05, 0.1) is 24.8 Å². The van der Waals surface area contributed by atoms with Crippen LogP contribution in [0.3, 0.4) is 0 Å². The number of hydrogen-bond acceptors (Lipinski definition) is 5. The highest BCUT2D eigenvalue weighted by Crippen LogP contribution is 2.33. The van der Waals surface area contributed by atoms with E-state index in [0.29, 0.717) is 25.1 Å². The van der Waals surface area contributed by atoms with E-state index in [2.05, 4.69) is 17.0 Å². The van der Waals surface area contributed by atoms with E-state index in [1.54, 1.807) is 31.4 Å². The van der Waals surface area contributed by atoms with Gasteiger partial charge in [0.15, 0.2) is 0 Å². The second kappa shape index (κ2) is 8.02. The summed E-state index contributed by atoms with van der Waals surface area (Å²) in [6.45, 7) is 1.89. The maximum absolute atomic E-state index is 10.1. The molecule has 5 heteroatoms. The Kier molecular flexibility index (Phi) is 5.54. The SMILES string of the molecule is COc1cccc([C@H]2C[C@@H](O)CN2CCOc2ccc(C#N)cc2)c1. The van der Waals surface area contributed by atoms with Gasteiger partial charge in [0.25, 0.3) is 0 Å². The number of nitriles is 1. The van der Waals surface area contributed by atoms with E-state index in [1.807, 2.05) is 18.2 Å². The predicted molar refractivity (Wildman–Crippen MR) is 94.6 cm³/mol. The van der Waals surface area contributed by atoms with Gasteiger partial charge in [-0.3, -0.25) is 4.90 Å². The Bertz CT molecular complexity index is 739. The maximum Gasteiger partial charge on any atom is 0.119 e. The van der Waals surface area contributed by atoms with Crippen molar-refractivity contribution in [1.82, 2.24) is 4.90 Å². The summed E-state index contributed by atoms with van der Waals surface area (Å²) in [5.41, 5.74) is 1.77. The molecule has 0 radical (unpaired) electrons. The topological polar surface area (TPSA) is 65.7 Å². The molecule has 0 amide bonds. The van der Waals surface area contributed by atoms with Crippen LogP contribution in [0, 0.1) is 11.3 Å². The van der Waals surface area contributed by atoms with Crippen LogP contribution in [0.25, 0.3) is 0 Å². The van der Waals surface area contributed by atoms with Crippen molar-refractivity contribution in [3.05, 3.63) is 59.7 Å². The highest BCUT2D eigenvalue weighted by atomic mass is 16.5. The van der Waals surface area contributed by atoms with Gasteiger partial charge in [-0.25, -0.2) is 0 Å². The summed E-state index contributed by atoms with van der Waals surface area (Å²) >= 11 is 0. The summed E-state index contributed by atoms with van der Waals surface area (Å²) < 4.78 is 11.1.